The number of piperidine rings is 1. The fourth-order valence-corrected chi connectivity index (χ4v) is 5.02. The Hall–Kier alpha value is -2.92. The lowest BCUT2D eigenvalue weighted by Gasteiger charge is -2.36. The van der Waals surface area contributed by atoms with Gasteiger partial charge in [0.1, 0.15) is 0 Å². The van der Waals surface area contributed by atoms with E-state index in [0.29, 0.717) is 39.0 Å². The minimum Gasteiger partial charge on any atom is -0.381 e. The molecule has 2 heterocycles. The number of nitrogens with one attached hydrogen (secondary N) is 1. The Morgan fingerprint density at radius 2 is 1.79 bits per heavy atom. The molecule has 0 aromatic heterocycles. The molecule has 2 aliphatic rings. The van der Waals surface area contributed by atoms with Gasteiger partial charge in [0.05, 0.1) is 5.41 Å². The molecule has 33 heavy (non-hydrogen) atoms. The highest BCUT2D eigenvalue weighted by atomic mass is 16.5. The molecule has 0 spiro atoms. The standard InChI is InChI=1S/C28H34N2O3/c1-2-15-29-27(32)28(13-18-33-19-14-28)21-24-9-4-5-12-25(24)22-10-8-11-23(20-22)26(31)30-16-6-3-7-17-30/h2,4-5,8-12,20H,1,3,6-7,13-19,21H2,(H,29,32). The molecular formula is C28H34N2O3. The first-order chi connectivity index (χ1) is 16.1. The van der Waals surface area contributed by atoms with Crippen LogP contribution in [0.25, 0.3) is 11.1 Å². The number of carbonyl (C=O) groups is 2. The van der Waals surface area contributed by atoms with Crippen molar-refractivity contribution in [2.75, 3.05) is 32.8 Å². The molecule has 2 saturated heterocycles. The normalized spacial score (nSPS) is 17.9. The maximum Gasteiger partial charge on any atom is 0.253 e. The molecule has 2 aromatic carbocycles. The van der Waals surface area contributed by atoms with E-state index in [1.54, 1.807) is 6.08 Å². The minimum absolute atomic E-state index is 0.0644. The van der Waals surface area contributed by atoms with Crippen LogP contribution < -0.4 is 5.32 Å². The molecule has 0 unspecified atom stereocenters. The van der Waals surface area contributed by atoms with Crippen LogP contribution in [0.5, 0.6) is 0 Å². The van der Waals surface area contributed by atoms with Gasteiger partial charge in [-0.2, -0.15) is 0 Å². The Labute approximate surface area is 196 Å². The Bertz CT molecular complexity index is 988. The number of rotatable bonds is 7. The summed E-state index contributed by atoms with van der Waals surface area (Å²) in [5, 5.41) is 3.02. The fourth-order valence-electron chi connectivity index (χ4n) is 5.02. The summed E-state index contributed by atoms with van der Waals surface area (Å²) < 4.78 is 5.59. The number of hydrogen-bond donors (Lipinski definition) is 1. The molecule has 0 aliphatic carbocycles. The quantitative estimate of drug-likeness (QED) is 0.632. The molecule has 2 fully saturated rings. The number of benzene rings is 2. The van der Waals surface area contributed by atoms with Gasteiger partial charge in [0, 0.05) is 38.4 Å². The lowest BCUT2D eigenvalue weighted by Crippen LogP contribution is -2.46. The van der Waals surface area contributed by atoms with Crippen LogP contribution in [0.15, 0.2) is 61.2 Å². The van der Waals surface area contributed by atoms with Crippen molar-refractivity contribution >= 4 is 11.8 Å². The van der Waals surface area contributed by atoms with Gasteiger partial charge in [0.2, 0.25) is 5.91 Å². The smallest absolute Gasteiger partial charge is 0.253 e. The van der Waals surface area contributed by atoms with Crippen molar-refractivity contribution in [2.24, 2.45) is 5.41 Å². The van der Waals surface area contributed by atoms with Crippen LogP contribution in [0, 0.1) is 5.41 Å². The third-order valence-corrected chi connectivity index (χ3v) is 6.95. The highest BCUT2D eigenvalue weighted by Gasteiger charge is 2.40. The van der Waals surface area contributed by atoms with Gasteiger partial charge in [-0.15, -0.1) is 6.58 Å². The predicted octanol–water partition coefficient (Wildman–Crippen LogP) is 4.62. The maximum atomic E-state index is 13.2. The Kier molecular flexibility index (Phi) is 7.61. The van der Waals surface area contributed by atoms with Gasteiger partial charge in [0.15, 0.2) is 0 Å². The maximum absolute atomic E-state index is 13.2. The first-order valence-electron chi connectivity index (χ1n) is 12.1. The zero-order chi connectivity index (χ0) is 23.1. The minimum atomic E-state index is -0.501. The van der Waals surface area contributed by atoms with Gasteiger partial charge < -0.3 is 15.0 Å². The number of amides is 2. The molecular weight excluding hydrogens is 412 g/mol. The summed E-state index contributed by atoms with van der Waals surface area (Å²) in [4.78, 5) is 28.2. The van der Waals surface area contributed by atoms with E-state index in [1.165, 1.54) is 6.42 Å². The Morgan fingerprint density at radius 3 is 2.55 bits per heavy atom. The largest absolute Gasteiger partial charge is 0.381 e. The van der Waals surface area contributed by atoms with Crippen LogP contribution in [0.1, 0.15) is 48.0 Å². The van der Waals surface area contributed by atoms with Crippen LogP contribution in [0.4, 0.5) is 0 Å². The van der Waals surface area contributed by atoms with E-state index in [4.69, 9.17) is 4.74 Å². The van der Waals surface area contributed by atoms with E-state index in [9.17, 15) is 9.59 Å². The van der Waals surface area contributed by atoms with Crippen molar-refractivity contribution in [2.45, 2.75) is 38.5 Å². The monoisotopic (exact) mass is 446 g/mol. The van der Waals surface area contributed by atoms with Gasteiger partial charge in [-0.1, -0.05) is 42.5 Å². The second kappa shape index (κ2) is 10.8. The van der Waals surface area contributed by atoms with Crippen molar-refractivity contribution in [3.05, 3.63) is 72.3 Å². The van der Waals surface area contributed by atoms with E-state index in [1.807, 2.05) is 35.2 Å². The molecule has 2 aromatic rings. The van der Waals surface area contributed by atoms with Gasteiger partial charge in [-0.05, 0) is 67.3 Å². The average molecular weight is 447 g/mol. The van der Waals surface area contributed by atoms with Crippen molar-refractivity contribution in [1.29, 1.82) is 0 Å². The van der Waals surface area contributed by atoms with Gasteiger partial charge in [-0.3, -0.25) is 9.59 Å². The second-order valence-electron chi connectivity index (χ2n) is 9.16. The van der Waals surface area contributed by atoms with Crippen molar-refractivity contribution in [3.63, 3.8) is 0 Å². The molecule has 0 atom stereocenters. The van der Waals surface area contributed by atoms with Crippen LogP contribution in [0.2, 0.25) is 0 Å². The summed E-state index contributed by atoms with van der Waals surface area (Å²) >= 11 is 0. The van der Waals surface area contributed by atoms with Crippen LogP contribution in [0.3, 0.4) is 0 Å². The summed E-state index contributed by atoms with van der Waals surface area (Å²) in [5.41, 5.74) is 3.44. The summed E-state index contributed by atoms with van der Waals surface area (Å²) in [7, 11) is 0. The molecule has 0 saturated carbocycles. The van der Waals surface area contributed by atoms with Gasteiger partial charge in [-0.25, -0.2) is 0 Å². The first kappa shape index (κ1) is 23.2. The molecule has 0 radical (unpaired) electrons. The van der Waals surface area contributed by atoms with E-state index in [2.05, 4.69) is 30.1 Å². The summed E-state index contributed by atoms with van der Waals surface area (Å²) in [6.07, 6.45) is 7.09. The molecule has 0 bridgehead atoms. The van der Waals surface area contributed by atoms with Crippen LogP contribution >= 0.6 is 0 Å². The lowest BCUT2D eigenvalue weighted by molar-refractivity contribution is -0.136. The summed E-state index contributed by atoms with van der Waals surface area (Å²) in [5.74, 6) is 0.174. The van der Waals surface area contributed by atoms with Gasteiger partial charge in [0.25, 0.3) is 5.91 Å². The third-order valence-electron chi connectivity index (χ3n) is 6.95. The molecule has 2 aliphatic heterocycles. The topological polar surface area (TPSA) is 58.6 Å². The molecule has 2 amide bonds. The molecule has 5 nitrogen and oxygen atoms in total. The molecule has 4 rings (SSSR count). The summed E-state index contributed by atoms with van der Waals surface area (Å²) in [6, 6.07) is 16.2. The van der Waals surface area contributed by atoms with Crippen LogP contribution in [-0.4, -0.2) is 49.6 Å². The van der Waals surface area contributed by atoms with E-state index < -0.39 is 5.41 Å². The van der Waals surface area contributed by atoms with E-state index in [-0.39, 0.29) is 11.8 Å². The highest BCUT2D eigenvalue weighted by Crippen LogP contribution is 2.38. The van der Waals surface area contributed by atoms with Gasteiger partial charge >= 0.3 is 0 Å². The lowest BCUT2D eigenvalue weighted by atomic mass is 9.73. The highest BCUT2D eigenvalue weighted by molar-refractivity contribution is 5.95. The average Bonchev–Trinajstić information content (AvgIpc) is 2.88. The molecule has 5 heteroatoms. The first-order valence-corrected chi connectivity index (χ1v) is 12.1. The fraction of sp³-hybridized carbons (Fsp3) is 0.429. The second-order valence-corrected chi connectivity index (χ2v) is 9.16. The van der Waals surface area contributed by atoms with E-state index >= 15 is 0 Å². The number of nitrogens with zero attached hydrogens (tertiary/aromatic N) is 1. The number of carbonyl (C=O) groups excluding carboxylic acids is 2. The van der Waals surface area contributed by atoms with E-state index in [0.717, 1.165) is 48.2 Å². The Morgan fingerprint density at radius 1 is 1.03 bits per heavy atom. The van der Waals surface area contributed by atoms with Crippen molar-refractivity contribution in [1.82, 2.24) is 10.2 Å². The molecule has 1 N–H and O–H groups in total. The number of likely N-dealkylation sites (tertiary alicyclic amines) is 1. The van der Waals surface area contributed by atoms with Crippen LogP contribution in [-0.2, 0) is 16.0 Å². The van der Waals surface area contributed by atoms with Crippen molar-refractivity contribution in [3.8, 4) is 11.1 Å². The summed E-state index contributed by atoms with van der Waals surface area (Å²) in [6.45, 7) is 7.03. The molecule has 174 valence electrons. The SMILES string of the molecule is C=CCNC(=O)C1(Cc2ccccc2-c2cccc(C(=O)N3CCCCC3)c2)CCOCC1. The zero-order valence-corrected chi connectivity index (χ0v) is 19.4. The predicted molar refractivity (Wildman–Crippen MR) is 131 cm³/mol. The Balaban J connectivity index is 1.62. The number of hydrogen-bond acceptors (Lipinski definition) is 3. The number of ether oxygens (including phenoxy) is 1. The van der Waals surface area contributed by atoms with Crippen molar-refractivity contribution < 1.29 is 14.3 Å². The third kappa shape index (κ3) is 5.36. The zero-order valence-electron chi connectivity index (χ0n) is 19.4.